The quantitative estimate of drug-likeness (QED) is 0.858. The Morgan fingerprint density at radius 2 is 2.20 bits per heavy atom. The summed E-state index contributed by atoms with van der Waals surface area (Å²) in [5.74, 6) is -0.339. The van der Waals surface area contributed by atoms with E-state index in [0.717, 1.165) is 5.56 Å². The van der Waals surface area contributed by atoms with Crippen molar-refractivity contribution >= 4 is 11.7 Å². The highest BCUT2D eigenvalue weighted by molar-refractivity contribution is 6.02. The standard InChI is InChI=1S/C14H18N2O4/c1-4-20-11-7-9(5-6-10(11)19-3)13-12(14(17)18)8(2)15-16-13/h5-7,12-13,16H,4H2,1-3H3,(H,17,18). The van der Waals surface area contributed by atoms with Gasteiger partial charge in [0.15, 0.2) is 11.5 Å². The zero-order chi connectivity index (χ0) is 14.7. The molecule has 1 aromatic carbocycles. The van der Waals surface area contributed by atoms with Crippen LogP contribution in [0.3, 0.4) is 0 Å². The third-order valence-corrected chi connectivity index (χ3v) is 3.28. The van der Waals surface area contributed by atoms with Crippen LogP contribution in [0.25, 0.3) is 0 Å². The van der Waals surface area contributed by atoms with Crippen molar-refractivity contribution in [3.8, 4) is 11.5 Å². The smallest absolute Gasteiger partial charge is 0.314 e. The number of nitrogens with zero attached hydrogens (tertiary/aromatic N) is 1. The molecule has 2 N–H and O–H groups in total. The molecule has 0 saturated heterocycles. The average molecular weight is 278 g/mol. The number of rotatable bonds is 5. The number of nitrogens with one attached hydrogen (secondary N) is 1. The first-order chi connectivity index (χ1) is 9.58. The van der Waals surface area contributed by atoms with Crippen molar-refractivity contribution in [3.63, 3.8) is 0 Å². The molecule has 6 nitrogen and oxygen atoms in total. The first-order valence-electron chi connectivity index (χ1n) is 6.41. The topological polar surface area (TPSA) is 80.2 Å². The molecule has 2 rings (SSSR count). The summed E-state index contributed by atoms with van der Waals surface area (Å²) >= 11 is 0. The molecule has 0 bridgehead atoms. The van der Waals surface area contributed by atoms with Crippen molar-refractivity contribution in [2.24, 2.45) is 11.0 Å². The van der Waals surface area contributed by atoms with Gasteiger partial charge in [0.05, 0.1) is 25.5 Å². The monoisotopic (exact) mass is 278 g/mol. The molecule has 108 valence electrons. The predicted octanol–water partition coefficient (Wildman–Crippen LogP) is 1.81. The van der Waals surface area contributed by atoms with Gasteiger partial charge in [0, 0.05) is 0 Å². The molecule has 0 aliphatic carbocycles. The van der Waals surface area contributed by atoms with E-state index in [4.69, 9.17) is 9.47 Å². The molecular formula is C14H18N2O4. The molecule has 1 aliphatic heterocycles. The van der Waals surface area contributed by atoms with Gasteiger partial charge in [-0.1, -0.05) is 6.07 Å². The Balaban J connectivity index is 2.33. The lowest BCUT2D eigenvalue weighted by Crippen LogP contribution is -2.27. The molecule has 2 unspecified atom stereocenters. The van der Waals surface area contributed by atoms with Gasteiger partial charge in [-0.15, -0.1) is 0 Å². The lowest BCUT2D eigenvalue weighted by Gasteiger charge is -2.18. The second-order valence-electron chi connectivity index (χ2n) is 4.52. The van der Waals surface area contributed by atoms with Crippen LogP contribution in [-0.2, 0) is 4.79 Å². The first kappa shape index (κ1) is 14.2. The van der Waals surface area contributed by atoms with Crippen LogP contribution >= 0.6 is 0 Å². The molecule has 1 aliphatic rings. The predicted molar refractivity (Wildman–Crippen MR) is 74.3 cm³/mol. The number of hydrogen-bond donors (Lipinski definition) is 2. The number of carbonyl (C=O) groups is 1. The van der Waals surface area contributed by atoms with Gasteiger partial charge in [0.2, 0.25) is 0 Å². The van der Waals surface area contributed by atoms with Crippen LogP contribution in [0.1, 0.15) is 25.5 Å². The van der Waals surface area contributed by atoms with Gasteiger partial charge in [-0.05, 0) is 31.5 Å². The lowest BCUT2D eigenvalue weighted by atomic mass is 9.91. The minimum Gasteiger partial charge on any atom is -0.493 e. The van der Waals surface area contributed by atoms with E-state index < -0.39 is 17.9 Å². The van der Waals surface area contributed by atoms with Crippen LogP contribution in [-0.4, -0.2) is 30.5 Å². The summed E-state index contributed by atoms with van der Waals surface area (Å²) in [6, 6.07) is 5.00. The summed E-state index contributed by atoms with van der Waals surface area (Å²) in [6.07, 6.45) is 0. The van der Waals surface area contributed by atoms with E-state index in [-0.39, 0.29) is 0 Å². The molecule has 0 spiro atoms. The molecule has 0 fully saturated rings. The second kappa shape index (κ2) is 5.81. The average Bonchev–Trinajstić information content (AvgIpc) is 2.81. The first-order valence-corrected chi connectivity index (χ1v) is 6.41. The van der Waals surface area contributed by atoms with Crippen LogP contribution in [0, 0.1) is 5.92 Å². The van der Waals surface area contributed by atoms with Crippen LogP contribution in [0.15, 0.2) is 23.3 Å². The summed E-state index contributed by atoms with van der Waals surface area (Å²) in [4.78, 5) is 11.4. The van der Waals surface area contributed by atoms with Crippen molar-refractivity contribution in [2.75, 3.05) is 13.7 Å². The molecule has 0 amide bonds. The summed E-state index contributed by atoms with van der Waals surface area (Å²) in [7, 11) is 1.57. The number of benzene rings is 1. The van der Waals surface area contributed by atoms with Crippen molar-refractivity contribution in [1.82, 2.24) is 5.43 Å². The minimum atomic E-state index is -0.893. The maximum atomic E-state index is 11.4. The highest BCUT2D eigenvalue weighted by atomic mass is 16.5. The Morgan fingerprint density at radius 1 is 1.45 bits per heavy atom. The fourth-order valence-electron chi connectivity index (χ4n) is 2.30. The fraction of sp³-hybridized carbons (Fsp3) is 0.429. The zero-order valence-corrected chi connectivity index (χ0v) is 11.7. The Labute approximate surface area is 117 Å². The Bertz CT molecular complexity index is 542. The SMILES string of the molecule is CCOc1cc(C2NN=C(C)C2C(=O)O)ccc1OC. The largest absolute Gasteiger partial charge is 0.493 e. The third kappa shape index (κ3) is 2.54. The number of aliphatic carboxylic acids is 1. The van der Waals surface area contributed by atoms with Crippen molar-refractivity contribution in [2.45, 2.75) is 19.9 Å². The van der Waals surface area contributed by atoms with Crippen LogP contribution < -0.4 is 14.9 Å². The molecule has 0 aromatic heterocycles. The lowest BCUT2D eigenvalue weighted by molar-refractivity contribution is -0.139. The highest BCUT2D eigenvalue weighted by Gasteiger charge is 2.36. The van der Waals surface area contributed by atoms with Gasteiger partial charge in [-0.3, -0.25) is 4.79 Å². The number of hydrogen-bond acceptors (Lipinski definition) is 5. The van der Waals surface area contributed by atoms with Crippen molar-refractivity contribution < 1.29 is 19.4 Å². The van der Waals surface area contributed by atoms with Crippen molar-refractivity contribution in [3.05, 3.63) is 23.8 Å². The molecule has 0 radical (unpaired) electrons. The van der Waals surface area contributed by atoms with Crippen LogP contribution in [0.5, 0.6) is 11.5 Å². The Kier molecular flexibility index (Phi) is 4.12. The number of ether oxygens (including phenoxy) is 2. The molecule has 0 saturated carbocycles. The second-order valence-corrected chi connectivity index (χ2v) is 4.52. The van der Waals surface area contributed by atoms with E-state index in [1.165, 1.54) is 0 Å². The third-order valence-electron chi connectivity index (χ3n) is 3.28. The summed E-state index contributed by atoms with van der Waals surface area (Å²) in [5, 5.41) is 13.3. The number of carboxylic acids is 1. The molecule has 20 heavy (non-hydrogen) atoms. The Hall–Kier alpha value is -2.24. The Morgan fingerprint density at radius 3 is 2.80 bits per heavy atom. The molecule has 6 heteroatoms. The number of methoxy groups -OCH3 is 1. The number of hydrazone groups is 1. The van der Waals surface area contributed by atoms with E-state index in [2.05, 4.69) is 10.5 Å². The van der Waals surface area contributed by atoms with Crippen LogP contribution in [0.2, 0.25) is 0 Å². The van der Waals surface area contributed by atoms with Gasteiger partial charge in [-0.2, -0.15) is 5.10 Å². The maximum absolute atomic E-state index is 11.4. The van der Waals surface area contributed by atoms with Gasteiger partial charge in [0.1, 0.15) is 5.92 Å². The van der Waals surface area contributed by atoms with E-state index in [9.17, 15) is 9.90 Å². The summed E-state index contributed by atoms with van der Waals surface area (Å²) in [6.45, 7) is 4.10. The van der Waals surface area contributed by atoms with Crippen molar-refractivity contribution in [1.29, 1.82) is 0 Å². The van der Waals surface area contributed by atoms with E-state index in [1.54, 1.807) is 26.2 Å². The zero-order valence-electron chi connectivity index (χ0n) is 11.7. The number of carboxylic acid groups (broad SMARTS) is 1. The molecule has 1 heterocycles. The van der Waals surface area contributed by atoms with Gasteiger partial charge in [0.25, 0.3) is 0 Å². The molecule has 1 aromatic rings. The summed E-state index contributed by atoms with van der Waals surface area (Å²) < 4.78 is 10.7. The highest BCUT2D eigenvalue weighted by Crippen LogP contribution is 2.34. The van der Waals surface area contributed by atoms with Crippen LogP contribution in [0.4, 0.5) is 0 Å². The molecular weight excluding hydrogens is 260 g/mol. The summed E-state index contributed by atoms with van der Waals surface area (Å²) in [5.41, 5.74) is 4.25. The van der Waals surface area contributed by atoms with E-state index in [0.29, 0.717) is 23.8 Å². The van der Waals surface area contributed by atoms with E-state index in [1.807, 2.05) is 13.0 Å². The van der Waals surface area contributed by atoms with Gasteiger partial charge < -0.3 is 20.0 Å². The fourth-order valence-corrected chi connectivity index (χ4v) is 2.30. The van der Waals surface area contributed by atoms with Gasteiger partial charge >= 0.3 is 5.97 Å². The normalized spacial score (nSPS) is 21.1. The molecule has 2 atom stereocenters. The van der Waals surface area contributed by atoms with E-state index >= 15 is 0 Å². The van der Waals surface area contributed by atoms with Gasteiger partial charge in [-0.25, -0.2) is 0 Å². The minimum absolute atomic E-state index is 0.391. The maximum Gasteiger partial charge on any atom is 0.314 e.